The molecule has 1 unspecified atom stereocenters. The molecule has 0 bridgehead atoms. The third-order valence-corrected chi connectivity index (χ3v) is 2.16. The minimum Gasteiger partial charge on any atom is -0.490 e. The fourth-order valence-corrected chi connectivity index (χ4v) is 1.02. The van der Waals surface area contributed by atoms with Gasteiger partial charge < -0.3 is 14.9 Å². The van der Waals surface area contributed by atoms with E-state index in [1.54, 1.807) is 0 Å². The largest absolute Gasteiger partial charge is 0.490 e. The summed E-state index contributed by atoms with van der Waals surface area (Å²) >= 11 is 5.49. The Labute approximate surface area is 96.2 Å². The van der Waals surface area contributed by atoms with Crippen molar-refractivity contribution in [3.8, 4) is 5.75 Å². The van der Waals surface area contributed by atoms with E-state index in [1.165, 1.54) is 12.1 Å². The summed E-state index contributed by atoms with van der Waals surface area (Å²) in [6.07, 6.45) is 0. The van der Waals surface area contributed by atoms with E-state index in [0.717, 1.165) is 13.0 Å². The number of hydrogen-bond acceptors (Lipinski definition) is 3. The van der Waals surface area contributed by atoms with Crippen LogP contribution in [0.3, 0.4) is 0 Å². The van der Waals surface area contributed by atoms with E-state index in [-0.39, 0.29) is 10.8 Å². The lowest BCUT2D eigenvalue weighted by Gasteiger charge is -2.18. The normalized spacial score (nSPS) is 14.2. The van der Waals surface area contributed by atoms with Crippen molar-refractivity contribution in [3.05, 3.63) is 29.0 Å². The molecule has 0 aromatic heterocycles. The van der Waals surface area contributed by atoms with Gasteiger partial charge >= 0.3 is 5.97 Å². The summed E-state index contributed by atoms with van der Waals surface area (Å²) < 4.78 is 17.8. The van der Waals surface area contributed by atoms with Crippen LogP contribution in [-0.4, -0.2) is 28.4 Å². The molecule has 0 heterocycles. The summed E-state index contributed by atoms with van der Waals surface area (Å²) in [6, 6.07) is 3.58. The summed E-state index contributed by atoms with van der Waals surface area (Å²) in [7, 11) is 0. The number of hydrogen-bond donors (Lipinski definition) is 2. The molecule has 4 nitrogen and oxygen atoms in total. The van der Waals surface area contributed by atoms with Crippen LogP contribution in [0.15, 0.2) is 18.2 Å². The molecule has 0 saturated carbocycles. The first-order valence-electron chi connectivity index (χ1n) is 4.36. The standard InChI is InChI=1S/C10H10ClFO4/c1-10(15,9(13)14)5-16-6-2-3-8(12)7(11)4-6/h2-4,15H,5H2,1H3,(H,13,14). The zero-order valence-corrected chi connectivity index (χ0v) is 9.16. The van der Waals surface area contributed by atoms with E-state index < -0.39 is 24.0 Å². The van der Waals surface area contributed by atoms with Crippen molar-refractivity contribution in [1.29, 1.82) is 0 Å². The lowest BCUT2D eigenvalue weighted by molar-refractivity contribution is -0.159. The number of aliphatic hydroxyl groups is 1. The Balaban J connectivity index is 2.68. The van der Waals surface area contributed by atoms with Gasteiger partial charge in [0.1, 0.15) is 18.2 Å². The van der Waals surface area contributed by atoms with Gasteiger partial charge in [-0.3, -0.25) is 0 Å². The van der Waals surface area contributed by atoms with Crippen molar-refractivity contribution in [3.63, 3.8) is 0 Å². The Morgan fingerprint density at radius 3 is 2.75 bits per heavy atom. The van der Waals surface area contributed by atoms with E-state index in [4.69, 9.17) is 21.4 Å². The van der Waals surface area contributed by atoms with Gasteiger partial charge in [-0.1, -0.05) is 11.6 Å². The van der Waals surface area contributed by atoms with Crippen molar-refractivity contribution in [1.82, 2.24) is 0 Å². The van der Waals surface area contributed by atoms with Gasteiger partial charge in [-0.25, -0.2) is 9.18 Å². The van der Waals surface area contributed by atoms with E-state index in [2.05, 4.69) is 0 Å². The van der Waals surface area contributed by atoms with E-state index in [1.807, 2.05) is 0 Å². The molecular formula is C10H10ClFO4. The van der Waals surface area contributed by atoms with Crippen LogP contribution >= 0.6 is 11.6 Å². The van der Waals surface area contributed by atoms with Crippen molar-refractivity contribution < 1.29 is 24.1 Å². The van der Waals surface area contributed by atoms with E-state index >= 15 is 0 Å². The van der Waals surface area contributed by atoms with Gasteiger partial charge in [0.2, 0.25) is 0 Å². The molecule has 0 radical (unpaired) electrons. The first-order chi connectivity index (χ1) is 7.33. The molecule has 1 atom stereocenters. The lowest BCUT2D eigenvalue weighted by atomic mass is 10.1. The molecular weight excluding hydrogens is 239 g/mol. The molecule has 0 aliphatic carbocycles. The van der Waals surface area contributed by atoms with Crippen LogP contribution in [0, 0.1) is 5.82 Å². The number of carbonyl (C=O) groups is 1. The summed E-state index contributed by atoms with van der Waals surface area (Å²) in [5.74, 6) is -1.81. The summed E-state index contributed by atoms with van der Waals surface area (Å²) in [4.78, 5) is 10.5. The summed E-state index contributed by atoms with van der Waals surface area (Å²) in [5.41, 5.74) is -2.00. The highest BCUT2D eigenvalue weighted by Crippen LogP contribution is 2.21. The van der Waals surface area contributed by atoms with Gasteiger partial charge in [0.05, 0.1) is 5.02 Å². The minimum absolute atomic E-state index is 0.132. The predicted octanol–water partition coefficient (Wildman–Crippen LogP) is 1.69. The maximum Gasteiger partial charge on any atom is 0.339 e. The zero-order chi connectivity index (χ0) is 12.3. The second kappa shape index (κ2) is 4.67. The number of rotatable bonds is 4. The summed E-state index contributed by atoms with van der Waals surface area (Å²) in [6.45, 7) is 0.644. The first kappa shape index (κ1) is 12.7. The van der Waals surface area contributed by atoms with Gasteiger partial charge in [0.25, 0.3) is 0 Å². The third kappa shape index (κ3) is 3.08. The van der Waals surface area contributed by atoms with Crippen molar-refractivity contribution >= 4 is 17.6 Å². The van der Waals surface area contributed by atoms with Gasteiger partial charge in [-0.05, 0) is 19.1 Å². The zero-order valence-electron chi connectivity index (χ0n) is 8.41. The quantitative estimate of drug-likeness (QED) is 0.851. The smallest absolute Gasteiger partial charge is 0.339 e. The topological polar surface area (TPSA) is 66.8 Å². The Morgan fingerprint density at radius 2 is 2.25 bits per heavy atom. The van der Waals surface area contributed by atoms with Crippen molar-refractivity contribution in [2.75, 3.05) is 6.61 Å². The first-order valence-corrected chi connectivity index (χ1v) is 4.74. The second-order valence-electron chi connectivity index (χ2n) is 3.44. The Bertz CT molecular complexity index is 406. The maximum atomic E-state index is 12.8. The molecule has 0 spiro atoms. The predicted molar refractivity (Wildman–Crippen MR) is 55.2 cm³/mol. The van der Waals surface area contributed by atoms with Crippen LogP contribution in [0.25, 0.3) is 0 Å². The van der Waals surface area contributed by atoms with Gasteiger partial charge in [-0.15, -0.1) is 0 Å². The molecule has 0 aliphatic rings. The molecule has 1 aromatic carbocycles. The summed E-state index contributed by atoms with van der Waals surface area (Å²) in [5, 5.41) is 17.8. The molecule has 0 saturated heterocycles. The fourth-order valence-electron chi connectivity index (χ4n) is 0.852. The van der Waals surface area contributed by atoms with Crippen LogP contribution in [0.1, 0.15) is 6.92 Å². The molecule has 16 heavy (non-hydrogen) atoms. The highest BCUT2D eigenvalue weighted by molar-refractivity contribution is 6.30. The SMILES string of the molecule is CC(O)(COc1ccc(F)c(Cl)c1)C(=O)O. The lowest BCUT2D eigenvalue weighted by Crippen LogP contribution is -2.41. The van der Waals surface area contributed by atoms with Gasteiger partial charge in [-0.2, -0.15) is 0 Å². The molecule has 0 fully saturated rings. The molecule has 0 amide bonds. The highest BCUT2D eigenvalue weighted by Gasteiger charge is 2.30. The molecule has 1 rings (SSSR count). The Morgan fingerprint density at radius 1 is 1.62 bits per heavy atom. The van der Waals surface area contributed by atoms with Crippen LogP contribution in [0.4, 0.5) is 4.39 Å². The van der Waals surface area contributed by atoms with E-state index in [9.17, 15) is 14.3 Å². The molecule has 1 aromatic rings. The van der Waals surface area contributed by atoms with Crippen LogP contribution < -0.4 is 4.74 Å². The number of halogens is 2. The van der Waals surface area contributed by atoms with Crippen molar-refractivity contribution in [2.24, 2.45) is 0 Å². The Kier molecular flexibility index (Phi) is 3.72. The van der Waals surface area contributed by atoms with Crippen LogP contribution in [-0.2, 0) is 4.79 Å². The monoisotopic (exact) mass is 248 g/mol. The van der Waals surface area contributed by atoms with Gasteiger partial charge in [0, 0.05) is 6.07 Å². The number of carboxylic acid groups (broad SMARTS) is 1. The third-order valence-electron chi connectivity index (χ3n) is 1.87. The molecule has 2 N–H and O–H groups in total. The average molecular weight is 249 g/mol. The second-order valence-corrected chi connectivity index (χ2v) is 3.85. The number of ether oxygens (including phenoxy) is 1. The van der Waals surface area contributed by atoms with E-state index in [0.29, 0.717) is 0 Å². The minimum atomic E-state index is -2.00. The molecule has 0 aliphatic heterocycles. The Hall–Kier alpha value is -1.33. The molecule has 6 heteroatoms. The van der Waals surface area contributed by atoms with Crippen molar-refractivity contribution in [2.45, 2.75) is 12.5 Å². The van der Waals surface area contributed by atoms with Crippen LogP contribution in [0.2, 0.25) is 5.02 Å². The average Bonchev–Trinajstić information content (AvgIpc) is 2.20. The maximum absolute atomic E-state index is 12.8. The molecule has 88 valence electrons. The number of aliphatic carboxylic acids is 1. The highest BCUT2D eigenvalue weighted by atomic mass is 35.5. The van der Waals surface area contributed by atoms with Gasteiger partial charge in [0.15, 0.2) is 5.60 Å². The number of benzene rings is 1. The van der Waals surface area contributed by atoms with Crippen LogP contribution in [0.5, 0.6) is 5.75 Å². The fraction of sp³-hybridized carbons (Fsp3) is 0.300. The number of carboxylic acids is 1.